The van der Waals surface area contributed by atoms with Crippen LogP contribution in [0, 0.1) is 16.7 Å². The lowest BCUT2D eigenvalue weighted by Crippen LogP contribution is -2.23. The number of carbonyl (C=O) groups excluding carboxylic acids is 2. The summed E-state index contributed by atoms with van der Waals surface area (Å²) in [6, 6.07) is 8.36. The summed E-state index contributed by atoms with van der Waals surface area (Å²) in [6.45, 7) is 13.6. The van der Waals surface area contributed by atoms with Gasteiger partial charge in [-0.05, 0) is 61.4 Å². The van der Waals surface area contributed by atoms with Gasteiger partial charge in [0, 0.05) is 37.7 Å². The Hall–Kier alpha value is -3.02. The minimum atomic E-state index is -1.24. The minimum absolute atomic E-state index is 0.0227. The standard InChI is InChI=1S/C27H36N4O3Si/c1-19(32)21-7-8-24(23(15-21)20-9-11-27(2,3)12-10-20)30-26(33)25-29-22(16-28)17-31(25)18-34-13-14-35(4,5)6/h7-9,15,17H,10-14,18H2,1-6H3,(H,30,33). The summed E-state index contributed by atoms with van der Waals surface area (Å²) in [5.74, 6) is -0.325. The fourth-order valence-corrected chi connectivity index (χ4v) is 4.68. The van der Waals surface area contributed by atoms with Crippen molar-refractivity contribution >= 4 is 31.0 Å². The van der Waals surface area contributed by atoms with Gasteiger partial charge in [0.2, 0.25) is 5.82 Å². The third-order valence-corrected chi connectivity index (χ3v) is 8.02. The first-order chi connectivity index (χ1) is 16.4. The summed E-state index contributed by atoms with van der Waals surface area (Å²) < 4.78 is 7.37. The molecule has 7 nitrogen and oxygen atoms in total. The van der Waals surface area contributed by atoms with E-state index in [2.05, 4.69) is 49.9 Å². The number of nitrogens with one attached hydrogen (secondary N) is 1. The fraction of sp³-hybridized carbons (Fsp3) is 0.481. The quantitative estimate of drug-likeness (QED) is 0.258. The maximum Gasteiger partial charge on any atom is 0.291 e. The van der Waals surface area contributed by atoms with Gasteiger partial charge in [-0.3, -0.25) is 9.59 Å². The van der Waals surface area contributed by atoms with E-state index in [9.17, 15) is 14.9 Å². The van der Waals surface area contributed by atoms with Gasteiger partial charge in [-0.15, -0.1) is 0 Å². The van der Waals surface area contributed by atoms with E-state index in [1.54, 1.807) is 16.7 Å². The third-order valence-electron chi connectivity index (χ3n) is 6.31. The van der Waals surface area contributed by atoms with Crippen molar-refractivity contribution in [1.29, 1.82) is 5.26 Å². The summed E-state index contributed by atoms with van der Waals surface area (Å²) in [4.78, 5) is 29.5. The Labute approximate surface area is 209 Å². The number of benzene rings is 1. The number of amides is 1. The van der Waals surface area contributed by atoms with Crippen molar-refractivity contribution in [3.05, 3.63) is 53.1 Å². The van der Waals surface area contributed by atoms with Crippen molar-refractivity contribution in [3.8, 4) is 6.07 Å². The van der Waals surface area contributed by atoms with Crippen molar-refractivity contribution in [1.82, 2.24) is 9.55 Å². The van der Waals surface area contributed by atoms with Gasteiger partial charge in [-0.1, -0.05) is 39.6 Å². The van der Waals surface area contributed by atoms with Crippen molar-refractivity contribution in [3.63, 3.8) is 0 Å². The number of rotatable bonds is 9. The molecule has 1 aromatic carbocycles. The number of aromatic nitrogens is 2. The molecule has 0 unspecified atom stereocenters. The molecule has 0 aliphatic heterocycles. The zero-order valence-corrected chi connectivity index (χ0v) is 22.7. The lowest BCUT2D eigenvalue weighted by molar-refractivity contribution is 0.0808. The predicted octanol–water partition coefficient (Wildman–Crippen LogP) is 6.12. The van der Waals surface area contributed by atoms with Crippen LogP contribution in [0.3, 0.4) is 0 Å². The molecule has 3 rings (SSSR count). The molecule has 1 N–H and O–H groups in total. The van der Waals surface area contributed by atoms with Gasteiger partial charge in [0.25, 0.3) is 5.91 Å². The SMILES string of the molecule is CC(=O)c1ccc(NC(=O)c2nc(C#N)cn2COCC[Si](C)(C)C)c(C2=CCC(C)(C)CC2)c1. The number of nitriles is 1. The van der Waals surface area contributed by atoms with E-state index in [4.69, 9.17) is 4.74 Å². The Morgan fingerprint density at radius 1 is 1.29 bits per heavy atom. The van der Waals surface area contributed by atoms with Crippen LogP contribution in [0.15, 0.2) is 30.5 Å². The van der Waals surface area contributed by atoms with Crippen LogP contribution in [0.1, 0.15) is 72.3 Å². The monoisotopic (exact) mass is 492 g/mol. The zero-order chi connectivity index (χ0) is 25.8. The Kier molecular flexibility index (Phi) is 8.13. The van der Waals surface area contributed by atoms with Crippen LogP contribution < -0.4 is 5.32 Å². The molecule has 0 bridgehead atoms. The highest BCUT2D eigenvalue weighted by Crippen LogP contribution is 2.40. The number of Topliss-reactive ketones (excluding diaryl/α,β-unsaturated/α-hetero) is 1. The average molecular weight is 493 g/mol. The molecule has 1 aromatic heterocycles. The highest BCUT2D eigenvalue weighted by molar-refractivity contribution is 6.76. The molecule has 0 saturated carbocycles. The van der Waals surface area contributed by atoms with Crippen LogP contribution >= 0.6 is 0 Å². The van der Waals surface area contributed by atoms with Gasteiger partial charge in [0.15, 0.2) is 11.5 Å². The fourth-order valence-electron chi connectivity index (χ4n) is 3.93. The van der Waals surface area contributed by atoms with Crippen molar-refractivity contribution in [2.45, 2.75) is 72.4 Å². The second-order valence-electron chi connectivity index (χ2n) is 11.2. The first-order valence-corrected chi connectivity index (χ1v) is 15.8. The topological polar surface area (TPSA) is 97.0 Å². The summed E-state index contributed by atoms with van der Waals surface area (Å²) in [6.07, 6.45) is 6.58. The number of anilines is 1. The van der Waals surface area contributed by atoms with Crippen LogP contribution in [0.5, 0.6) is 0 Å². The summed E-state index contributed by atoms with van der Waals surface area (Å²) >= 11 is 0. The maximum atomic E-state index is 13.3. The molecule has 0 radical (unpaired) electrons. The first-order valence-electron chi connectivity index (χ1n) is 12.1. The molecular weight excluding hydrogens is 456 g/mol. The normalized spacial score (nSPS) is 15.3. The molecule has 0 saturated heterocycles. The van der Waals surface area contributed by atoms with Crippen molar-refractivity contribution in [2.75, 3.05) is 11.9 Å². The van der Waals surface area contributed by atoms with E-state index in [0.29, 0.717) is 17.9 Å². The van der Waals surface area contributed by atoms with E-state index in [1.807, 2.05) is 12.1 Å². The molecule has 186 valence electrons. The van der Waals surface area contributed by atoms with E-state index in [1.165, 1.54) is 13.1 Å². The molecule has 0 atom stereocenters. The van der Waals surface area contributed by atoms with Crippen LogP contribution in [0.2, 0.25) is 25.7 Å². The van der Waals surface area contributed by atoms with Crippen LogP contribution in [-0.2, 0) is 11.5 Å². The summed E-state index contributed by atoms with van der Waals surface area (Å²) in [7, 11) is -1.24. The zero-order valence-electron chi connectivity index (χ0n) is 21.7. The van der Waals surface area contributed by atoms with Crippen LogP contribution in [-0.4, -0.2) is 35.9 Å². The Morgan fingerprint density at radius 2 is 2.03 bits per heavy atom. The highest BCUT2D eigenvalue weighted by atomic mass is 28.3. The summed E-state index contributed by atoms with van der Waals surface area (Å²) in [5, 5.41) is 12.3. The molecule has 0 fully saturated rings. The second kappa shape index (κ2) is 10.7. The Morgan fingerprint density at radius 3 is 2.63 bits per heavy atom. The number of ether oxygens (including phenoxy) is 1. The number of ketones is 1. The number of allylic oxidation sites excluding steroid dienone is 2. The first kappa shape index (κ1) is 26.6. The van der Waals surface area contributed by atoms with E-state index in [0.717, 1.165) is 36.4 Å². The number of hydrogen-bond donors (Lipinski definition) is 1. The van der Waals surface area contributed by atoms with Gasteiger partial charge in [0.05, 0.1) is 0 Å². The molecule has 0 spiro atoms. The van der Waals surface area contributed by atoms with E-state index < -0.39 is 14.0 Å². The van der Waals surface area contributed by atoms with Gasteiger partial charge in [-0.2, -0.15) is 5.26 Å². The van der Waals surface area contributed by atoms with Crippen LogP contribution in [0.4, 0.5) is 5.69 Å². The number of nitrogens with zero attached hydrogens (tertiary/aromatic N) is 3. The molecule has 1 aliphatic rings. The lowest BCUT2D eigenvalue weighted by Gasteiger charge is -2.29. The largest absolute Gasteiger partial charge is 0.361 e. The molecule has 1 amide bonds. The lowest BCUT2D eigenvalue weighted by atomic mass is 9.76. The second-order valence-corrected chi connectivity index (χ2v) is 16.9. The third kappa shape index (κ3) is 7.23. The summed E-state index contributed by atoms with van der Waals surface area (Å²) in [5.41, 5.74) is 3.60. The molecule has 8 heteroatoms. The Bertz CT molecular complexity index is 1180. The Balaban J connectivity index is 1.86. The van der Waals surface area contributed by atoms with E-state index in [-0.39, 0.29) is 29.4 Å². The predicted molar refractivity (Wildman–Crippen MR) is 141 cm³/mol. The van der Waals surface area contributed by atoms with Crippen LogP contribution in [0.25, 0.3) is 5.57 Å². The minimum Gasteiger partial charge on any atom is -0.361 e. The molecule has 2 aromatic rings. The van der Waals surface area contributed by atoms with Gasteiger partial charge < -0.3 is 14.6 Å². The molecule has 1 heterocycles. The average Bonchev–Trinajstić information content (AvgIpc) is 3.20. The van der Waals surface area contributed by atoms with Gasteiger partial charge >= 0.3 is 0 Å². The van der Waals surface area contributed by atoms with Gasteiger partial charge in [0.1, 0.15) is 12.8 Å². The van der Waals surface area contributed by atoms with Crippen molar-refractivity contribution in [2.24, 2.45) is 5.41 Å². The molecule has 1 aliphatic carbocycles. The number of carbonyl (C=O) groups is 2. The maximum absolute atomic E-state index is 13.3. The van der Waals surface area contributed by atoms with Crippen molar-refractivity contribution < 1.29 is 14.3 Å². The number of imidazole rings is 1. The number of hydrogen-bond acceptors (Lipinski definition) is 5. The van der Waals surface area contributed by atoms with E-state index >= 15 is 0 Å². The smallest absolute Gasteiger partial charge is 0.291 e. The molecule has 35 heavy (non-hydrogen) atoms. The molecular formula is C27H36N4O3Si. The van der Waals surface area contributed by atoms with Gasteiger partial charge in [-0.25, -0.2) is 4.98 Å². The highest BCUT2D eigenvalue weighted by Gasteiger charge is 2.25.